The van der Waals surface area contributed by atoms with Gasteiger partial charge in [-0.1, -0.05) is 96.6 Å². The molecule has 0 aromatic heterocycles. The van der Waals surface area contributed by atoms with Crippen LogP contribution in [0.3, 0.4) is 0 Å². The number of nitrogens with zero attached hydrogens (tertiary/aromatic N) is 1. The summed E-state index contributed by atoms with van der Waals surface area (Å²) in [7, 11) is 2.89. The SMILES string of the molecule is COc1cc(C=C[C@H]2C3=CC[C@@H]4C(=O)N(CCc5ccc(O)cc5)C(=O)[C@@H]4[C@@H]3C[C@H]3C(=O)C(c4ccccc4)=CC(=O)[C@@]23c2ccccc2)cc(OC)c1O. The number of carbonyl (C=O) groups is 4. The first kappa shape index (κ1) is 35.8. The van der Waals surface area contributed by atoms with Crippen molar-refractivity contribution in [3.8, 4) is 23.0 Å². The summed E-state index contributed by atoms with van der Waals surface area (Å²) in [6.07, 6.45) is 8.27. The third kappa shape index (κ3) is 5.85. The largest absolute Gasteiger partial charge is 0.508 e. The molecular formula is C46H41NO8. The second-order valence-electron chi connectivity index (χ2n) is 14.7. The van der Waals surface area contributed by atoms with E-state index in [2.05, 4.69) is 0 Å². The normalized spacial score (nSPS) is 25.9. The summed E-state index contributed by atoms with van der Waals surface area (Å²) in [5.41, 5.74) is 2.70. The topological polar surface area (TPSA) is 130 Å². The lowest BCUT2D eigenvalue weighted by atomic mass is 9.45. The van der Waals surface area contributed by atoms with Crippen molar-refractivity contribution in [1.29, 1.82) is 0 Å². The highest BCUT2D eigenvalue weighted by Gasteiger charge is 2.65. The minimum Gasteiger partial charge on any atom is -0.508 e. The number of ketones is 2. The molecular weight excluding hydrogens is 695 g/mol. The highest BCUT2D eigenvalue weighted by Crippen LogP contribution is 2.61. The van der Waals surface area contributed by atoms with Gasteiger partial charge in [-0.3, -0.25) is 24.1 Å². The summed E-state index contributed by atoms with van der Waals surface area (Å²) in [4.78, 5) is 60.1. The van der Waals surface area contributed by atoms with Crippen LogP contribution in [0.15, 0.2) is 121 Å². The fourth-order valence-electron chi connectivity index (χ4n) is 9.53. The van der Waals surface area contributed by atoms with Crippen molar-refractivity contribution in [1.82, 2.24) is 4.90 Å². The predicted molar refractivity (Wildman–Crippen MR) is 206 cm³/mol. The van der Waals surface area contributed by atoms with Gasteiger partial charge in [-0.05, 0) is 77.8 Å². The summed E-state index contributed by atoms with van der Waals surface area (Å²) in [6, 6.07) is 28.6. The molecule has 0 radical (unpaired) electrons. The molecule has 2 amide bonds. The molecule has 4 aliphatic rings. The fourth-order valence-corrected chi connectivity index (χ4v) is 9.53. The molecule has 4 aromatic carbocycles. The first-order valence-corrected chi connectivity index (χ1v) is 18.5. The Morgan fingerprint density at radius 1 is 0.818 bits per heavy atom. The predicted octanol–water partition coefficient (Wildman–Crippen LogP) is 6.73. The van der Waals surface area contributed by atoms with Crippen molar-refractivity contribution in [3.63, 3.8) is 0 Å². The van der Waals surface area contributed by atoms with Crippen LogP contribution in [-0.2, 0) is 31.0 Å². The molecule has 0 unspecified atom stereocenters. The minimum atomic E-state index is -1.35. The maximum atomic E-state index is 15.2. The number of likely N-dealkylation sites (tertiary alicyclic amines) is 1. The average molecular weight is 736 g/mol. The van der Waals surface area contributed by atoms with Gasteiger partial charge in [0, 0.05) is 24.0 Å². The van der Waals surface area contributed by atoms with Gasteiger partial charge in [0.1, 0.15) is 5.75 Å². The first-order chi connectivity index (χ1) is 26.7. The molecule has 2 N–H and O–H groups in total. The van der Waals surface area contributed by atoms with E-state index in [-0.39, 0.29) is 59.3 Å². The Morgan fingerprint density at radius 3 is 2.13 bits per heavy atom. The van der Waals surface area contributed by atoms with Crippen molar-refractivity contribution >= 4 is 35.0 Å². The van der Waals surface area contributed by atoms with Crippen LogP contribution in [0.2, 0.25) is 0 Å². The van der Waals surface area contributed by atoms with Crippen LogP contribution >= 0.6 is 0 Å². The van der Waals surface area contributed by atoms with E-state index in [1.165, 1.54) is 25.2 Å². The summed E-state index contributed by atoms with van der Waals surface area (Å²) in [6.45, 7) is 0.195. The molecule has 278 valence electrons. The number of phenolic OH excluding ortho intramolecular Hbond substituents is 2. The zero-order valence-electron chi connectivity index (χ0n) is 30.6. The smallest absolute Gasteiger partial charge is 0.233 e. The Kier molecular flexibility index (Phi) is 9.25. The van der Waals surface area contributed by atoms with E-state index < -0.39 is 35.0 Å². The van der Waals surface area contributed by atoms with Gasteiger partial charge >= 0.3 is 0 Å². The maximum Gasteiger partial charge on any atom is 0.233 e. The molecule has 2 fully saturated rings. The van der Waals surface area contributed by atoms with Crippen LogP contribution in [-0.4, -0.2) is 59.3 Å². The number of hydrogen-bond donors (Lipinski definition) is 2. The molecule has 1 saturated carbocycles. The van der Waals surface area contributed by atoms with Crippen molar-refractivity contribution in [3.05, 3.63) is 143 Å². The van der Waals surface area contributed by atoms with Gasteiger partial charge < -0.3 is 19.7 Å². The molecule has 55 heavy (non-hydrogen) atoms. The molecule has 1 heterocycles. The Balaban J connectivity index is 1.27. The number of carbonyl (C=O) groups excluding carboxylic acids is 4. The molecule has 9 heteroatoms. The number of ether oxygens (including phenoxy) is 2. The van der Waals surface area contributed by atoms with E-state index >= 15 is 9.59 Å². The first-order valence-electron chi connectivity index (χ1n) is 18.5. The van der Waals surface area contributed by atoms with Gasteiger partial charge in [0.2, 0.25) is 17.6 Å². The molecule has 1 saturated heterocycles. The number of methoxy groups -OCH3 is 2. The van der Waals surface area contributed by atoms with Gasteiger partial charge in [-0.2, -0.15) is 0 Å². The number of allylic oxidation sites excluding steroid dienone is 5. The molecule has 0 spiro atoms. The average Bonchev–Trinajstić information content (AvgIpc) is 3.46. The lowest BCUT2D eigenvalue weighted by Crippen LogP contribution is -2.59. The quantitative estimate of drug-likeness (QED) is 0.143. The van der Waals surface area contributed by atoms with E-state index in [9.17, 15) is 19.8 Å². The Morgan fingerprint density at radius 2 is 1.47 bits per heavy atom. The van der Waals surface area contributed by atoms with E-state index in [1.54, 1.807) is 36.4 Å². The Bertz CT molecular complexity index is 2250. The third-order valence-corrected chi connectivity index (χ3v) is 12.1. The number of phenols is 2. The highest BCUT2D eigenvalue weighted by atomic mass is 16.5. The second-order valence-corrected chi connectivity index (χ2v) is 14.7. The molecule has 0 bridgehead atoms. The van der Waals surface area contributed by atoms with Crippen LogP contribution in [0.4, 0.5) is 0 Å². The number of Topliss-reactive ketones (excluding diaryl/α,β-unsaturated/α-hetero) is 1. The summed E-state index contributed by atoms with van der Waals surface area (Å²) < 4.78 is 10.9. The van der Waals surface area contributed by atoms with Crippen LogP contribution in [0.5, 0.6) is 23.0 Å². The van der Waals surface area contributed by atoms with Crippen molar-refractivity contribution in [2.24, 2.45) is 29.6 Å². The van der Waals surface area contributed by atoms with E-state index in [0.717, 1.165) is 11.1 Å². The molecule has 6 atom stereocenters. The van der Waals surface area contributed by atoms with Crippen LogP contribution < -0.4 is 9.47 Å². The van der Waals surface area contributed by atoms with Crippen molar-refractivity contribution in [2.45, 2.75) is 24.7 Å². The number of benzene rings is 4. The zero-order valence-corrected chi connectivity index (χ0v) is 30.6. The Hall–Kier alpha value is -6.22. The third-order valence-electron chi connectivity index (χ3n) is 12.1. The molecule has 9 nitrogen and oxygen atoms in total. The van der Waals surface area contributed by atoms with Crippen molar-refractivity contribution < 1.29 is 38.9 Å². The second kappa shape index (κ2) is 14.2. The van der Waals surface area contributed by atoms with Crippen LogP contribution in [0.1, 0.15) is 35.1 Å². The Labute approximate surface area is 319 Å². The fraction of sp³-hybridized carbons (Fsp3) is 0.261. The monoisotopic (exact) mass is 735 g/mol. The molecule has 3 aliphatic carbocycles. The number of fused-ring (bicyclic) bond motifs is 4. The molecule has 8 rings (SSSR count). The lowest BCUT2D eigenvalue weighted by Gasteiger charge is -2.54. The summed E-state index contributed by atoms with van der Waals surface area (Å²) in [5.74, 6) is -3.76. The summed E-state index contributed by atoms with van der Waals surface area (Å²) in [5, 5.41) is 20.4. The number of aromatic hydroxyl groups is 2. The number of rotatable bonds is 9. The van der Waals surface area contributed by atoms with Crippen molar-refractivity contribution in [2.75, 3.05) is 20.8 Å². The maximum absolute atomic E-state index is 15.2. The highest BCUT2D eigenvalue weighted by molar-refractivity contribution is 6.31. The minimum absolute atomic E-state index is 0.138. The number of imide groups is 1. The van der Waals surface area contributed by atoms with Gasteiger partial charge in [-0.25, -0.2) is 0 Å². The zero-order chi connectivity index (χ0) is 38.4. The van der Waals surface area contributed by atoms with E-state index in [4.69, 9.17) is 9.47 Å². The van der Waals surface area contributed by atoms with E-state index in [1.807, 2.05) is 78.9 Å². The van der Waals surface area contributed by atoms with Gasteiger partial charge in [-0.15, -0.1) is 0 Å². The number of hydrogen-bond acceptors (Lipinski definition) is 8. The van der Waals surface area contributed by atoms with Crippen LogP contribution in [0, 0.1) is 29.6 Å². The lowest BCUT2D eigenvalue weighted by molar-refractivity contribution is -0.140. The van der Waals surface area contributed by atoms with Crippen LogP contribution in [0.25, 0.3) is 11.6 Å². The van der Waals surface area contributed by atoms with Gasteiger partial charge in [0.05, 0.1) is 31.5 Å². The van der Waals surface area contributed by atoms with E-state index in [0.29, 0.717) is 35.1 Å². The van der Waals surface area contributed by atoms with Gasteiger partial charge in [0.25, 0.3) is 0 Å². The number of amides is 2. The summed E-state index contributed by atoms with van der Waals surface area (Å²) >= 11 is 0. The molecule has 4 aromatic rings. The standard InChI is InChI=1S/C46H41NO8/c1-54-38-23-28(24-39(55-2)43(38)51)15-20-36-32-18-19-33-41(45(53)47(44(33)52)22-21-27-13-16-31(48)17-14-27)35(32)25-37-42(50)34(29-9-5-3-6-10-29)26-40(49)46(36,37)30-11-7-4-8-12-30/h3-18,20,23-24,26,33,35-37,41,48,51H,19,21-22,25H2,1-2H3/t33-,35+,36-,37-,41-,46-/m0/s1. The van der Waals surface area contributed by atoms with Gasteiger partial charge in [0.15, 0.2) is 23.1 Å². The molecule has 1 aliphatic heterocycles.